The van der Waals surface area contributed by atoms with Crippen molar-refractivity contribution in [2.24, 2.45) is 5.73 Å². The van der Waals surface area contributed by atoms with Crippen molar-refractivity contribution in [1.29, 1.82) is 0 Å². The minimum absolute atomic E-state index is 0.152. The molecule has 1 aliphatic rings. The lowest BCUT2D eigenvalue weighted by Crippen LogP contribution is -2.33. The molecule has 0 radical (unpaired) electrons. The molecular formula is C15H23ClN2O2. The van der Waals surface area contributed by atoms with Crippen molar-refractivity contribution >= 4 is 11.6 Å². The Kier molecular flexibility index (Phi) is 5.52. The maximum absolute atomic E-state index is 6.35. The Morgan fingerprint density at radius 1 is 1.25 bits per heavy atom. The number of benzene rings is 1. The van der Waals surface area contributed by atoms with Gasteiger partial charge in [-0.05, 0) is 30.8 Å². The van der Waals surface area contributed by atoms with Crippen LogP contribution in [-0.2, 0) is 0 Å². The molecular weight excluding hydrogens is 276 g/mol. The average Bonchev–Trinajstić information content (AvgIpc) is 2.70. The number of likely N-dealkylation sites (N-methyl/N-ethyl adjacent to an activating group) is 1. The number of rotatable bonds is 5. The van der Waals surface area contributed by atoms with Crippen LogP contribution in [0.5, 0.6) is 11.5 Å². The Bertz CT molecular complexity index is 450. The average molecular weight is 299 g/mol. The maximum atomic E-state index is 6.35. The summed E-state index contributed by atoms with van der Waals surface area (Å²) in [5.74, 6) is 1.39. The minimum atomic E-state index is 0.152. The molecule has 1 atom stereocenters. The molecule has 1 aliphatic heterocycles. The zero-order chi connectivity index (χ0) is 14.5. The van der Waals surface area contributed by atoms with Crippen LogP contribution in [0.3, 0.4) is 0 Å². The van der Waals surface area contributed by atoms with E-state index in [4.69, 9.17) is 26.8 Å². The normalized spacial score (nSPS) is 16.1. The third-order valence-corrected chi connectivity index (χ3v) is 3.97. The van der Waals surface area contributed by atoms with Gasteiger partial charge in [0.2, 0.25) is 0 Å². The zero-order valence-electron chi connectivity index (χ0n) is 12.2. The summed E-state index contributed by atoms with van der Waals surface area (Å²) in [7, 11) is 0. The molecule has 0 amide bonds. The molecule has 20 heavy (non-hydrogen) atoms. The van der Waals surface area contributed by atoms with E-state index in [2.05, 4.69) is 18.7 Å². The molecule has 5 heteroatoms. The first-order chi connectivity index (χ1) is 9.71. The Morgan fingerprint density at radius 2 is 1.95 bits per heavy atom. The van der Waals surface area contributed by atoms with E-state index in [1.54, 1.807) is 0 Å². The van der Waals surface area contributed by atoms with Crippen molar-refractivity contribution in [2.45, 2.75) is 26.3 Å². The molecule has 2 rings (SSSR count). The molecule has 2 N–H and O–H groups in total. The fourth-order valence-electron chi connectivity index (χ4n) is 2.60. The topological polar surface area (TPSA) is 47.7 Å². The van der Waals surface area contributed by atoms with Crippen LogP contribution in [0.2, 0.25) is 5.02 Å². The van der Waals surface area contributed by atoms with E-state index in [0.717, 1.165) is 30.8 Å². The number of ether oxygens (including phenoxy) is 2. The summed E-state index contributed by atoms with van der Waals surface area (Å²) in [5.41, 5.74) is 7.05. The summed E-state index contributed by atoms with van der Waals surface area (Å²) in [5, 5.41) is 0.602. The van der Waals surface area contributed by atoms with Gasteiger partial charge in [-0.3, -0.25) is 4.90 Å². The van der Waals surface area contributed by atoms with Gasteiger partial charge in [0.1, 0.15) is 0 Å². The zero-order valence-corrected chi connectivity index (χ0v) is 12.9. The van der Waals surface area contributed by atoms with Crippen LogP contribution in [0.4, 0.5) is 0 Å². The summed E-state index contributed by atoms with van der Waals surface area (Å²) in [6.07, 6.45) is 0.872. The Morgan fingerprint density at radius 3 is 2.60 bits per heavy atom. The molecule has 1 heterocycles. The van der Waals surface area contributed by atoms with Gasteiger partial charge >= 0.3 is 0 Å². The van der Waals surface area contributed by atoms with Crippen LogP contribution < -0.4 is 15.2 Å². The van der Waals surface area contributed by atoms with Gasteiger partial charge in [0.25, 0.3) is 0 Å². The highest BCUT2D eigenvalue weighted by atomic mass is 35.5. The van der Waals surface area contributed by atoms with Crippen molar-refractivity contribution in [1.82, 2.24) is 4.90 Å². The summed E-state index contributed by atoms with van der Waals surface area (Å²) < 4.78 is 11.4. The molecule has 0 bridgehead atoms. The van der Waals surface area contributed by atoms with Crippen LogP contribution in [-0.4, -0.2) is 37.7 Å². The Balaban J connectivity index is 2.36. The second kappa shape index (κ2) is 7.16. The van der Waals surface area contributed by atoms with Crippen molar-refractivity contribution in [3.8, 4) is 11.5 Å². The monoisotopic (exact) mass is 298 g/mol. The van der Waals surface area contributed by atoms with E-state index in [1.807, 2.05) is 12.1 Å². The van der Waals surface area contributed by atoms with E-state index in [0.29, 0.717) is 30.5 Å². The molecule has 1 unspecified atom stereocenters. The highest BCUT2D eigenvalue weighted by Crippen LogP contribution is 2.40. The van der Waals surface area contributed by atoms with Gasteiger partial charge in [0, 0.05) is 19.0 Å². The van der Waals surface area contributed by atoms with Crippen LogP contribution in [0.1, 0.15) is 31.9 Å². The van der Waals surface area contributed by atoms with Crippen molar-refractivity contribution in [2.75, 3.05) is 32.8 Å². The third-order valence-electron chi connectivity index (χ3n) is 3.69. The summed E-state index contributed by atoms with van der Waals surface area (Å²) in [6.45, 7) is 8.02. The molecule has 1 aromatic rings. The Labute approximate surface area is 125 Å². The fraction of sp³-hybridized carbons (Fsp3) is 0.600. The second-order valence-electron chi connectivity index (χ2n) is 4.85. The number of fused-ring (bicyclic) bond motifs is 1. The predicted molar refractivity (Wildman–Crippen MR) is 81.8 cm³/mol. The lowest BCUT2D eigenvalue weighted by atomic mass is 10.0. The standard InChI is InChI=1S/C15H23ClN2O2/c1-3-18(4-2)13(10-17)11-8-12(16)15-14(9-11)19-6-5-7-20-15/h8-9,13H,3-7,10,17H2,1-2H3. The smallest absolute Gasteiger partial charge is 0.179 e. The number of halogens is 1. The number of nitrogens with two attached hydrogens (primary N) is 1. The van der Waals surface area contributed by atoms with E-state index in [9.17, 15) is 0 Å². The van der Waals surface area contributed by atoms with Crippen molar-refractivity contribution in [3.63, 3.8) is 0 Å². The van der Waals surface area contributed by atoms with E-state index in [1.165, 1.54) is 0 Å². The number of hydrogen-bond acceptors (Lipinski definition) is 4. The molecule has 0 spiro atoms. The molecule has 0 aromatic heterocycles. The molecule has 0 fully saturated rings. The number of hydrogen-bond donors (Lipinski definition) is 1. The fourth-order valence-corrected chi connectivity index (χ4v) is 2.88. The van der Waals surface area contributed by atoms with Crippen LogP contribution >= 0.6 is 11.6 Å². The summed E-state index contributed by atoms with van der Waals surface area (Å²) >= 11 is 6.35. The minimum Gasteiger partial charge on any atom is -0.489 e. The van der Waals surface area contributed by atoms with Gasteiger partial charge in [-0.25, -0.2) is 0 Å². The van der Waals surface area contributed by atoms with Gasteiger partial charge in [0.15, 0.2) is 11.5 Å². The van der Waals surface area contributed by atoms with Gasteiger partial charge in [0.05, 0.1) is 18.2 Å². The first-order valence-corrected chi connectivity index (χ1v) is 7.62. The van der Waals surface area contributed by atoms with Gasteiger partial charge in [-0.15, -0.1) is 0 Å². The van der Waals surface area contributed by atoms with Crippen LogP contribution in [0.15, 0.2) is 12.1 Å². The molecule has 1 aromatic carbocycles. The predicted octanol–water partition coefficient (Wildman–Crippen LogP) is 2.84. The van der Waals surface area contributed by atoms with Gasteiger partial charge < -0.3 is 15.2 Å². The first kappa shape index (κ1) is 15.4. The van der Waals surface area contributed by atoms with E-state index >= 15 is 0 Å². The second-order valence-corrected chi connectivity index (χ2v) is 5.26. The summed E-state index contributed by atoms with van der Waals surface area (Å²) in [6, 6.07) is 4.12. The molecule has 112 valence electrons. The van der Waals surface area contributed by atoms with E-state index in [-0.39, 0.29) is 6.04 Å². The molecule has 0 saturated carbocycles. The first-order valence-electron chi connectivity index (χ1n) is 7.24. The molecule has 0 saturated heterocycles. The summed E-state index contributed by atoms with van der Waals surface area (Å²) in [4.78, 5) is 2.32. The number of nitrogens with zero attached hydrogens (tertiary/aromatic N) is 1. The van der Waals surface area contributed by atoms with Crippen molar-refractivity contribution in [3.05, 3.63) is 22.7 Å². The van der Waals surface area contributed by atoms with Gasteiger partial charge in [-0.2, -0.15) is 0 Å². The third kappa shape index (κ3) is 3.19. The largest absolute Gasteiger partial charge is 0.489 e. The molecule has 4 nitrogen and oxygen atoms in total. The quantitative estimate of drug-likeness (QED) is 0.908. The lowest BCUT2D eigenvalue weighted by Gasteiger charge is -2.29. The van der Waals surface area contributed by atoms with Crippen molar-refractivity contribution < 1.29 is 9.47 Å². The maximum Gasteiger partial charge on any atom is 0.179 e. The Hall–Kier alpha value is -0.970. The lowest BCUT2D eigenvalue weighted by molar-refractivity contribution is 0.223. The molecule has 0 aliphatic carbocycles. The van der Waals surface area contributed by atoms with E-state index < -0.39 is 0 Å². The van der Waals surface area contributed by atoms with Gasteiger partial charge in [-0.1, -0.05) is 25.4 Å². The van der Waals surface area contributed by atoms with Crippen LogP contribution in [0, 0.1) is 0 Å². The highest BCUT2D eigenvalue weighted by molar-refractivity contribution is 6.32. The SMILES string of the molecule is CCN(CC)C(CN)c1cc(Cl)c2c(c1)OCCCO2. The highest BCUT2D eigenvalue weighted by Gasteiger charge is 2.22. The van der Waals surface area contributed by atoms with Crippen LogP contribution in [0.25, 0.3) is 0 Å².